The lowest BCUT2D eigenvalue weighted by Crippen LogP contribution is -2.44. The van der Waals surface area contributed by atoms with Crippen LogP contribution in [0.5, 0.6) is 0 Å². The summed E-state index contributed by atoms with van der Waals surface area (Å²) in [6.07, 6.45) is 6.58. The van der Waals surface area contributed by atoms with E-state index in [1.807, 2.05) is 12.1 Å². The Bertz CT molecular complexity index is 444. The molecule has 4 nitrogen and oxygen atoms in total. The van der Waals surface area contributed by atoms with E-state index in [0.717, 1.165) is 37.2 Å². The van der Waals surface area contributed by atoms with Crippen molar-refractivity contribution >= 4 is 5.69 Å². The number of nitrogens with zero attached hydrogens (tertiary/aromatic N) is 1. The second-order valence-electron chi connectivity index (χ2n) is 5.99. The summed E-state index contributed by atoms with van der Waals surface area (Å²) in [5.41, 5.74) is 7.71. The Kier molecular flexibility index (Phi) is 4.20. The van der Waals surface area contributed by atoms with Gasteiger partial charge in [0, 0.05) is 17.7 Å². The third-order valence-corrected chi connectivity index (χ3v) is 4.19. The van der Waals surface area contributed by atoms with Gasteiger partial charge in [-0.1, -0.05) is 31.9 Å². The van der Waals surface area contributed by atoms with Gasteiger partial charge in [0.25, 0.3) is 5.69 Å². The molecule has 104 valence electrons. The highest BCUT2D eigenvalue weighted by molar-refractivity contribution is 5.33. The summed E-state index contributed by atoms with van der Waals surface area (Å²) in [4.78, 5) is 10.2. The molecule has 0 amide bonds. The van der Waals surface area contributed by atoms with E-state index in [9.17, 15) is 10.1 Å². The molecule has 0 heterocycles. The van der Waals surface area contributed by atoms with E-state index in [1.165, 1.54) is 12.8 Å². The van der Waals surface area contributed by atoms with Crippen LogP contribution in [0.25, 0.3) is 0 Å². The molecule has 1 aromatic carbocycles. The van der Waals surface area contributed by atoms with Gasteiger partial charge in [-0.2, -0.15) is 0 Å². The Morgan fingerprint density at radius 1 is 1.42 bits per heavy atom. The number of hydrogen-bond acceptors (Lipinski definition) is 3. The fourth-order valence-corrected chi connectivity index (χ4v) is 3.11. The fourth-order valence-electron chi connectivity index (χ4n) is 3.11. The van der Waals surface area contributed by atoms with Crippen LogP contribution in [0.15, 0.2) is 24.3 Å². The second-order valence-corrected chi connectivity index (χ2v) is 5.99. The highest BCUT2D eigenvalue weighted by Gasteiger charge is 2.30. The first-order chi connectivity index (χ1) is 8.98. The van der Waals surface area contributed by atoms with E-state index in [2.05, 4.69) is 6.92 Å². The fraction of sp³-hybridized carbons (Fsp3) is 0.600. The monoisotopic (exact) mass is 262 g/mol. The van der Waals surface area contributed by atoms with Gasteiger partial charge in [0.05, 0.1) is 4.92 Å². The first kappa shape index (κ1) is 14.0. The number of nitrogens with two attached hydrogens (primary N) is 1. The minimum absolute atomic E-state index is 0.0422. The maximum Gasteiger partial charge on any atom is 0.269 e. The summed E-state index contributed by atoms with van der Waals surface area (Å²) in [6, 6.07) is 6.82. The number of nitro benzene ring substituents is 1. The normalized spacial score (nSPS) is 27.2. The van der Waals surface area contributed by atoms with E-state index in [4.69, 9.17) is 5.73 Å². The number of aryl methyl sites for hydroxylation is 1. The molecule has 0 aromatic heterocycles. The third-order valence-electron chi connectivity index (χ3n) is 4.19. The van der Waals surface area contributed by atoms with Gasteiger partial charge in [0.2, 0.25) is 0 Å². The van der Waals surface area contributed by atoms with Crippen molar-refractivity contribution < 1.29 is 4.92 Å². The van der Waals surface area contributed by atoms with Gasteiger partial charge in [-0.3, -0.25) is 10.1 Å². The molecule has 1 fully saturated rings. The zero-order chi connectivity index (χ0) is 13.9. The predicted molar refractivity (Wildman–Crippen MR) is 76.0 cm³/mol. The van der Waals surface area contributed by atoms with Gasteiger partial charge >= 0.3 is 0 Å². The van der Waals surface area contributed by atoms with Crippen LogP contribution in [0.2, 0.25) is 0 Å². The minimum atomic E-state index is -0.364. The molecule has 0 radical (unpaired) electrons. The van der Waals surface area contributed by atoms with Gasteiger partial charge in [0.1, 0.15) is 0 Å². The van der Waals surface area contributed by atoms with Crippen molar-refractivity contribution in [2.45, 2.75) is 51.0 Å². The van der Waals surface area contributed by atoms with Crippen molar-refractivity contribution in [3.63, 3.8) is 0 Å². The first-order valence-corrected chi connectivity index (χ1v) is 7.01. The van der Waals surface area contributed by atoms with Crippen molar-refractivity contribution in [2.24, 2.45) is 11.7 Å². The summed E-state index contributed by atoms with van der Waals surface area (Å²) in [5, 5.41) is 10.6. The number of hydrogen-bond donors (Lipinski definition) is 1. The molecular formula is C15H22N2O2. The summed E-state index contributed by atoms with van der Waals surface area (Å²) in [6.45, 7) is 2.27. The van der Waals surface area contributed by atoms with Gasteiger partial charge in [-0.05, 0) is 37.2 Å². The molecular weight excluding hydrogens is 240 g/mol. The maximum absolute atomic E-state index is 10.6. The largest absolute Gasteiger partial charge is 0.325 e. The molecule has 4 heteroatoms. The van der Waals surface area contributed by atoms with Crippen molar-refractivity contribution in [1.29, 1.82) is 0 Å². The SMILES string of the molecule is CC1CCCC(N)(CCc2ccc([N+](=O)[O-])cc2)C1. The van der Waals surface area contributed by atoms with Crippen LogP contribution in [0.3, 0.4) is 0 Å². The average molecular weight is 262 g/mol. The second kappa shape index (κ2) is 5.70. The predicted octanol–water partition coefficient (Wildman–Crippen LogP) is 3.44. The van der Waals surface area contributed by atoms with Crippen molar-refractivity contribution in [3.8, 4) is 0 Å². The van der Waals surface area contributed by atoms with Crippen molar-refractivity contribution in [2.75, 3.05) is 0 Å². The summed E-state index contributed by atoms with van der Waals surface area (Å²) in [5.74, 6) is 0.718. The van der Waals surface area contributed by atoms with Gasteiger partial charge in [0.15, 0.2) is 0 Å². The topological polar surface area (TPSA) is 69.2 Å². The molecule has 2 unspecified atom stereocenters. The van der Waals surface area contributed by atoms with Crippen molar-refractivity contribution in [3.05, 3.63) is 39.9 Å². The van der Waals surface area contributed by atoms with E-state index < -0.39 is 0 Å². The van der Waals surface area contributed by atoms with Crippen LogP contribution in [0.1, 0.15) is 44.6 Å². The van der Waals surface area contributed by atoms with Crippen LogP contribution in [0.4, 0.5) is 5.69 Å². The summed E-state index contributed by atoms with van der Waals surface area (Å²) in [7, 11) is 0. The first-order valence-electron chi connectivity index (χ1n) is 7.01. The van der Waals surface area contributed by atoms with Crippen LogP contribution >= 0.6 is 0 Å². The van der Waals surface area contributed by atoms with Crippen LogP contribution < -0.4 is 5.73 Å². The molecule has 0 spiro atoms. The Morgan fingerprint density at radius 2 is 2.11 bits per heavy atom. The lowest BCUT2D eigenvalue weighted by atomic mass is 9.74. The molecule has 1 saturated carbocycles. The standard InChI is InChI=1S/C15H22N2O2/c1-12-3-2-9-15(16,11-12)10-8-13-4-6-14(7-5-13)17(18)19/h4-7,12H,2-3,8-11,16H2,1H3. The Hall–Kier alpha value is -1.42. The van der Waals surface area contributed by atoms with E-state index in [1.54, 1.807) is 12.1 Å². The Balaban J connectivity index is 1.92. The van der Waals surface area contributed by atoms with Gasteiger partial charge in [-0.25, -0.2) is 0 Å². The molecule has 0 aliphatic heterocycles. The molecule has 0 saturated heterocycles. The minimum Gasteiger partial charge on any atom is -0.325 e. The smallest absolute Gasteiger partial charge is 0.269 e. The summed E-state index contributed by atoms with van der Waals surface area (Å²) < 4.78 is 0. The van der Waals surface area contributed by atoms with Crippen molar-refractivity contribution in [1.82, 2.24) is 0 Å². The molecule has 1 aliphatic rings. The number of non-ortho nitro benzene ring substituents is 1. The molecule has 2 N–H and O–H groups in total. The summed E-state index contributed by atoms with van der Waals surface area (Å²) >= 11 is 0. The molecule has 19 heavy (non-hydrogen) atoms. The lowest BCUT2D eigenvalue weighted by Gasteiger charge is -2.37. The number of rotatable bonds is 4. The van der Waals surface area contributed by atoms with Gasteiger partial charge in [-0.15, -0.1) is 0 Å². The number of nitro groups is 1. The maximum atomic E-state index is 10.6. The van der Waals surface area contributed by atoms with E-state index >= 15 is 0 Å². The molecule has 1 aromatic rings. The van der Waals surface area contributed by atoms with Crippen LogP contribution in [-0.2, 0) is 6.42 Å². The van der Waals surface area contributed by atoms with Gasteiger partial charge < -0.3 is 5.73 Å². The quantitative estimate of drug-likeness (QED) is 0.667. The zero-order valence-electron chi connectivity index (χ0n) is 11.5. The van der Waals surface area contributed by atoms with E-state index in [-0.39, 0.29) is 16.1 Å². The van der Waals surface area contributed by atoms with E-state index in [0.29, 0.717) is 0 Å². The van der Waals surface area contributed by atoms with Crippen LogP contribution in [0, 0.1) is 16.0 Å². The average Bonchev–Trinajstić information content (AvgIpc) is 2.37. The third kappa shape index (κ3) is 3.77. The molecule has 0 bridgehead atoms. The Morgan fingerprint density at radius 3 is 2.68 bits per heavy atom. The molecule has 2 rings (SSSR count). The lowest BCUT2D eigenvalue weighted by molar-refractivity contribution is -0.384. The highest BCUT2D eigenvalue weighted by Crippen LogP contribution is 2.33. The highest BCUT2D eigenvalue weighted by atomic mass is 16.6. The molecule has 1 aliphatic carbocycles. The Labute approximate surface area is 114 Å². The number of benzene rings is 1. The molecule has 2 atom stereocenters. The van der Waals surface area contributed by atoms with Crippen LogP contribution in [-0.4, -0.2) is 10.5 Å². The zero-order valence-corrected chi connectivity index (χ0v) is 11.5.